The second kappa shape index (κ2) is 6.11. The molecule has 7 heteroatoms. The highest BCUT2D eigenvalue weighted by molar-refractivity contribution is 5.85. The summed E-state index contributed by atoms with van der Waals surface area (Å²) in [6.45, 7) is 0.765. The van der Waals surface area contributed by atoms with Gasteiger partial charge in [0.25, 0.3) is 0 Å². The molecule has 4 rings (SSSR count). The molecule has 0 bridgehead atoms. The van der Waals surface area contributed by atoms with Crippen molar-refractivity contribution >= 4 is 16.9 Å². The molecule has 1 aromatic carbocycles. The van der Waals surface area contributed by atoms with Crippen molar-refractivity contribution in [3.63, 3.8) is 0 Å². The third kappa shape index (κ3) is 2.71. The van der Waals surface area contributed by atoms with Crippen LogP contribution in [0.25, 0.3) is 16.7 Å². The van der Waals surface area contributed by atoms with Crippen molar-refractivity contribution in [3.05, 3.63) is 60.8 Å². The zero-order valence-electron chi connectivity index (χ0n) is 13.3. The zero-order chi connectivity index (χ0) is 16.4. The Morgan fingerprint density at radius 3 is 2.79 bits per heavy atom. The Balaban J connectivity index is 1.43. The number of aromatic nitrogens is 6. The Bertz CT molecular complexity index is 955. The Hall–Kier alpha value is -3.22. The van der Waals surface area contributed by atoms with Crippen LogP contribution in [0.1, 0.15) is 5.56 Å². The summed E-state index contributed by atoms with van der Waals surface area (Å²) in [7, 11) is 1.87. The summed E-state index contributed by atoms with van der Waals surface area (Å²) >= 11 is 0. The van der Waals surface area contributed by atoms with Gasteiger partial charge in [0.05, 0.1) is 23.5 Å². The fourth-order valence-electron chi connectivity index (χ4n) is 2.64. The van der Waals surface area contributed by atoms with Gasteiger partial charge in [-0.1, -0.05) is 18.2 Å². The predicted molar refractivity (Wildman–Crippen MR) is 92.1 cm³/mol. The maximum absolute atomic E-state index is 4.42. The van der Waals surface area contributed by atoms with Gasteiger partial charge in [-0.05, 0) is 24.1 Å². The molecule has 120 valence electrons. The molecule has 0 unspecified atom stereocenters. The molecule has 24 heavy (non-hydrogen) atoms. The molecule has 0 spiro atoms. The summed E-state index contributed by atoms with van der Waals surface area (Å²) in [5.41, 5.74) is 3.05. The number of nitrogens with one attached hydrogen (secondary N) is 1. The maximum Gasteiger partial charge on any atom is 0.163 e. The second-order valence-electron chi connectivity index (χ2n) is 5.53. The Labute approximate surface area is 139 Å². The van der Waals surface area contributed by atoms with Crippen LogP contribution < -0.4 is 5.32 Å². The van der Waals surface area contributed by atoms with Crippen molar-refractivity contribution in [2.24, 2.45) is 7.05 Å². The number of para-hydroxylation sites is 1. The number of aryl methyl sites for hydroxylation is 1. The third-order valence-electron chi connectivity index (χ3n) is 3.89. The van der Waals surface area contributed by atoms with E-state index in [4.69, 9.17) is 0 Å². The number of hydrogen-bond donors (Lipinski definition) is 1. The minimum Gasteiger partial charge on any atom is -0.369 e. The van der Waals surface area contributed by atoms with Crippen LogP contribution in [-0.2, 0) is 13.5 Å². The van der Waals surface area contributed by atoms with E-state index in [1.807, 2.05) is 48.3 Å². The Morgan fingerprint density at radius 1 is 1.04 bits per heavy atom. The van der Waals surface area contributed by atoms with E-state index in [0.717, 1.165) is 35.5 Å². The Kier molecular flexibility index (Phi) is 3.66. The summed E-state index contributed by atoms with van der Waals surface area (Å²) in [4.78, 5) is 8.55. The van der Waals surface area contributed by atoms with Crippen LogP contribution in [0.15, 0.2) is 55.2 Å². The van der Waals surface area contributed by atoms with Gasteiger partial charge in [-0.15, -0.1) is 0 Å². The van der Waals surface area contributed by atoms with Crippen molar-refractivity contribution < 1.29 is 0 Å². The quantitative estimate of drug-likeness (QED) is 0.610. The van der Waals surface area contributed by atoms with Gasteiger partial charge in [0.1, 0.15) is 12.1 Å². The smallest absolute Gasteiger partial charge is 0.163 e. The monoisotopic (exact) mass is 319 g/mol. The molecule has 4 aromatic rings. The number of hydrogen-bond acceptors (Lipinski definition) is 5. The van der Waals surface area contributed by atoms with E-state index >= 15 is 0 Å². The van der Waals surface area contributed by atoms with Gasteiger partial charge in [-0.25, -0.2) is 14.6 Å². The molecule has 0 aliphatic rings. The summed E-state index contributed by atoms with van der Waals surface area (Å²) in [6.07, 6.45) is 8.15. The minimum atomic E-state index is 0.765. The average Bonchev–Trinajstić information content (AvgIpc) is 3.24. The maximum atomic E-state index is 4.42. The first kappa shape index (κ1) is 14.4. The van der Waals surface area contributed by atoms with Crippen LogP contribution in [0.5, 0.6) is 0 Å². The first-order valence-electron chi connectivity index (χ1n) is 7.77. The first-order chi connectivity index (χ1) is 11.8. The van der Waals surface area contributed by atoms with Crippen molar-refractivity contribution in [1.29, 1.82) is 0 Å². The number of nitrogens with zero attached hydrogens (tertiary/aromatic N) is 6. The van der Waals surface area contributed by atoms with Crippen LogP contribution in [0, 0.1) is 0 Å². The second-order valence-corrected chi connectivity index (χ2v) is 5.53. The predicted octanol–water partition coefficient (Wildman–Crippen LogP) is 2.20. The van der Waals surface area contributed by atoms with E-state index in [9.17, 15) is 0 Å². The largest absolute Gasteiger partial charge is 0.369 e. The van der Waals surface area contributed by atoms with Crippen molar-refractivity contribution in [2.45, 2.75) is 6.42 Å². The lowest BCUT2D eigenvalue weighted by Crippen LogP contribution is -2.06. The van der Waals surface area contributed by atoms with Crippen LogP contribution >= 0.6 is 0 Å². The number of fused-ring (bicyclic) bond motifs is 1. The van der Waals surface area contributed by atoms with Crippen molar-refractivity contribution in [3.8, 4) is 5.69 Å². The van der Waals surface area contributed by atoms with Gasteiger partial charge >= 0.3 is 0 Å². The standard InChI is InChI=1S/C17H17N7/c1-23-17-15(10-21-23)16(19-12-20-17)18-8-7-13-9-22-24(11-13)14-5-3-2-4-6-14/h2-6,9-12H,7-8H2,1H3,(H,18,19,20). The number of anilines is 1. The molecular formula is C17H17N7. The van der Waals surface area contributed by atoms with E-state index in [0.29, 0.717) is 0 Å². The van der Waals surface area contributed by atoms with Crippen LogP contribution in [0.2, 0.25) is 0 Å². The molecule has 3 aromatic heterocycles. The highest BCUT2D eigenvalue weighted by Crippen LogP contribution is 2.17. The van der Waals surface area contributed by atoms with Gasteiger partial charge in [0.2, 0.25) is 0 Å². The average molecular weight is 319 g/mol. The molecule has 0 aliphatic carbocycles. The highest BCUT2D eigenvalue weighted by Gasteiger charge is 2.07. The lowest BCUT2D eigenvalue weighted by molar-refractivity contribution is 0.785. The highest BCUT2D eigenvalue weighted by atomic mass is 15.3. The molecule has 7 nitrogen and oxygen atoms in total. The summed E-state index contributed by atoms with van der Waals surface area (Å²) in [6, 6.07) is 10.1. The van der Waals surface area contributed by atoms with Gasteiger partial charge in [0, 0.05) is 19.8 Å². The fraction of sp³-hybridized carbons (Fsp3) is 0.176. The first-order valence-corrected chi connectivity index (χ1v) is 7.77. The zero-order valence-corrected chi connectivity index (χ0v) is 13.3. The molecule has 0 saturated carbocycles. The van der Waals surface area contributed by atoms with E-state index in [2.05, 4.69) is 31.7 Å². The molecular weight excluding hydrogens is 302 g/mol. The van der Waals surface area contributed by atoms with Gasteiger partial charge < -0.3 is 5.32 Å². The molecule has 1 N–H and O–H groups in total. The summed E-state index contributed by atoms with van der Waals surface area (Å²) in [5, 5.41) is 12.9. The molecule has 0 fully saturated rings. The van der Waals surface area contributed by atoms with E-state index in [1.165, 1.54) is 5.56 Å². The molecule has 0 atom stereocenters. The number of benzene rings is 1. The molecule has 0 aliphatic heterocycles. The van der Waals surface area contributed by atoms with Gasteiger partial charge in [-0.2, -0.15) is 10.2 Å². The summed E-state index contributed by atoms with van der Waals surface area (Å²) in [5.74, 6) is 0.809. The van der Waals surface area contributed by atoms with Crippen LogP contribution in [0.3, 0.4) is 0 Å². The lowest BCUT2D eigenvalue weighted by atomic mass is 10.2. The van der Waals surface area contributed by atoms with E-state index in [-0.39, 0.29) is 0 Å². The van der Waals surface area contributed by atoms with E-state index in [1.54, 1.807) is 17.2 Å². The van der Waals surface area contributed by atoms with Crippen LogP contribution in [-0.4, -0.2) is 36.1 Å². The van der Waals surface area contributed by atoms with Gasteiger partial charge in [-0.3, -0.25) is 4.68 Å². The summed E-state index contributed by atoms with van der Waals surface area (Å²) < 4.78 is 3.63. The molecule has 0 saturated heterocycles. The topological polar surface area (TPSA) is 73.5 Å². The molecule has 0 amide bonds. The molecule has 3 heterocycles. The normalized spacial score (nSPS) is 11.0. The van der Waals surface area contributed by atoms with Gasteiger partial charge in [0.15, 0.2) is 5.65 Å². The van der Waals surface area contributed by atoms with Crippen molar-refractivity contribution in [1.82, 2.24) is 29.5 Å². The number of rotatable bonds is 5. The van der Waals surface area contributed by atoms with E-state index < -0.39 is 0 Å². The lowest BCUT2D eigenvalue weighted by Gasteiger charge is -2.05. The van der Waals surface area contributed by atoms with Crippen molar-refractivity contribution in [2.75, 3.05) is 11.9 Å². The molecule has 0 radical (unpaired) electrons. The SMILES string of the molecule is Cn1ncc2c(NCCc3cnn(-c4ccccc4)c3)ncnc21. The fourth-order valence-corrected chi connectivity index (χ4v) is 2.64. The Morgan fingerprint density at radius 2 is 1.92 bits per heavy atom. The third-order valence-corrected chi connectivity index (χ3v) is 3.89. The minimum absolute atomic E-state index is 0.765. The van der Waals surface area contributed by atoms with Crippen LogP contribution in [0.4, 0.5) is 5.82 Å².